The van der Waals surface area contributed by atoms with E-state index in [0.717, 1.165) is 25.3 Å². The Hall–Kier alpha value is -1.06. The first kappa shape index (κ1) is 12.4. The van der Waals surface area contributed by atoms with Gasteiger partial charge in [0, 0.05) is 19.0 Å². The molecule has 1 amide bonds. The topological polar surface area (TPSA) is 57.6 Å². The van der Waals surface area contributed by atoms with E-state index in [-0.39, 0.29) is 17.9 Å². The average Bonchev–Trinajstić information content (AvgIpc) is 3.09. The first-order valence-electron chi connectivity index (χ1n) is 6.62. The summed E-state index contributed by atoms with van der Waals surface area (Å²) in [6.07, 6.45) is 5.63. The Morgan fingerprint density at radius 2 is 2.00 bits per heavy atom. The van der Waals surface area contributed by atoms with Crippen LogP contribution >= 0.6 is 0 Å². The molecule has 1 aliphatic heterocycles. The summed E-state index contributed by atoms with van der Waals surface area (Å²) in [5.41, 5.74) is 0. The van der Waals surface area contributed by atoms with Gasteiger partial charge in [0.1, 0.15) is 0 Å². The Kier molecular flexibility index (Phi) is 3.69. The number of hydrogen-bond acceptors (Lipinski definition) is 2. The maximum absolute atomic E-state index is 12.0. The number of carboxylic acid groups (broad SMARTS) is 1. The number of rotatable bonds is 4. The van der Waals surface area contributed by atoms with Gasteiger partial charge in [0.25, 0.3) is 0 Å². The molecule has 2 fully saturated rings. The fraction of sp³-hybridized carbons (Fsp3) is 0.846. The summed E-state index contributed by atoms with van der Waals surface area (Å²) in [6, 6.07) is -0.145. The highest BCUT2D eigenvalue weighted by atomic mass is 16.4. The van der Waals surface area contributed by atoms with Crippen LogP contribution in [-0.2, 0) is 9.59 Å². The van der Waals surface area contributed by atoms with Gasteiger partial charge in [0.2, 0.25) is 5.91 Å². The number of carboxylic acids is 1. The molecule has 0 aromatic rings. The zero-order valence-electron chi connectivity index (χ0n) is 10.4. The Labute approximate surface area is 102 Å². The molecule has 0 aromatic carbocycles. The fourth-order valence-electron chi connectivity index (χ4n) is 2.70. The van der Waals surface area contributed by atoms with Gasteiger partial charge in [-0.25, -0.2) is 0 Å². The van der Waals surface area contributed by atoms with Crippen molar-refractivity contribution in [2.75, 3.05) is 6.54 Å². The number of aliphatic carboxylic acids is 1. The van der Waals surface area contributed by atoms with Gasteiger partial charge in [-0.05, 0) is 32.1 Å². The van der Waals surface area contributed by atoms with E-state index in [0.29, 0.717) is 12.8 Å². The summed E-state index contributed by atoms with van der Waals surface area (Å²) in [6.45, 7) is 2.60. The second-order valence-corrected chi connectivity index (χ2v) is 5.40. The number of carbonyl (C=O) groups is 2. The normalized spacial score (nSPS) is 29.1. The van der Waals surface area contributed by atoms with E-state index in [1.54, 1.807) is 4.90 Å². The average molecular weight is 239 g/mol. The maximum atomic E-state index is 12.0. The largest absolute Gasteiger partial charge is 0.481 e. The van der Waals surface area contributed by atoms with Crippen LogP contribution in [0.2, 0.25) is 0 Å². The number of hydrogen-bond donors (Lipinski definition) is 1. The molecule has 17 heavy (non-hydrogen) atoms. The molecule has 0 radical (unpaired) electrons. The van der Waals surface area contributed by atoms with Crippen LogP contribution in [0.15, 0.2) is 0 Å². The van der Waals surface area contributed by atoms with Crippen LogP contribution in [0.1, 0.15) is 45.4 Å². The number of carbonyl (C=O) groups excluding carboxylic acids is 1. The van der Waals surface area contributed by atoms with Gasteiger partial charge in [-0.15, -0.1) is 0 Å². The van der Waals surface area contributed by atoms with Gasteiger partial charge >= 0.3 is 5.97 Å². The third kappa shape index (κ3) is 2.99. The lowest BCUT2D eigenvalue weighted by molar-refractivity contribution is -0.149. The summed E-state index contributed by atoms with van der Waals surface area (Å²) < 4.78 is 0. The zero-order valence-corrected chi connectivity index (χ0v) is 10.4. The molecule has 96 valence electrons. The van der Waals surface area contributed by atoms with Crippen molar-refractivity contribution >= 4 is 11.9 Å². The highest BCUT2D eigenvalue weighted by molar-refractivity contribution is 5.78. The van der Waals surface area contributed by atoms with E-state index < -0.39 is 5.97 Å². The zero-order chi connectivity index (χ0) is 12.4. The lowest BCUT2D eigenvalue weighted by Gasteiger charge is -2.37. The van der Waals surface area contributed by atoms with Crippen LogP contribution in [0.3, 0.4) is 0 Å². The summed E-state index contributed by atoms with van der Waals surface area (Å²) in [7, 11) is 0. The van der Waals surface area contributed by atoms with Crippen LogP contribution in [0.4, 0.5) is 0 Å². The first-order valence-corrected chi connectivity index (χ1v) is 6.62. The van der Waals surface area contributed by atoms with Gasteiger partial charge in [-0.1, -0.05) is 12.8 Å². The molecule has 2 aliphatic rings. The Morgan fingerprint density at radius 1 is 1.29 bits per heavy atom. The SMILES string of the molecule is C[C@@H]1[C@H](C(=O)O)CCCN1C(=O)CCC1CC1. The Bertz CT molecular complexity index is 312. The minimum atomic E-state index is -0.766. The van der Waals surface area contributed by atoms with Gasteiger partial charge in [-0.2, -0.15) is 0 Å². The highest BCUT2D eigenvalue weighted by Crippen LogP contribution is 2.34. The Morgan fingerprint density at radius 3 is 2.59 bits per heavy atom. The van der Waals surface area contributed by atoms with E-state index in [2.05, 4.69) is 0 Å². The number of piperidine rings is 1. The van der Waals surface area contributed by atoms with Gasteiger partial charge < -0.3 is 10.0 Å². The summed E-state index contributed by atoms with van der Waals surface area (Å²) in [4.78, 5) is 24.9. The second-order valence-electron chi connectivity index (χ2n) is 5.40. The fourth-order valence-corrected chi connectivity index (χ4v) is 2.70. The molecular weight excluding hydrogens is 218 g/mol. The minimum Gasteiger partial charge on any atom is -0.481 e. The van der Waals surface area contributed by atoms with Crippen molar-refractivity contribution in [3.63, 3.8) is 0 Å². The standard InChI is InChI=1S/C13H21NO3/c1-9-11(13(16)17)3-2-8-14(9)12(15)7-6-10-4-5-10/h9-11H,2-8H2,1H3,(H,16,17)/t9-,11-/m1/s1. The van der Waals surface area contributed by atoms with Crippen molar-refractivity contribution in [2.24, 2.45) is 11.8 Å². The molecule has 0 aromatic heterocycles. The van der Waals surface area contributed by atoms with Gasteiger partial charge in [0.15, 0.2) is 0 Å². The van der Waals surface area contributed by atoms with Crippen molar-refractivity contribution in [3.05, 3.63) is 0 Å². The van der Waals surface area contributed by atoms with E-state index in [1.165, 1.54) is 12.8 Å². The summed E-state index contributed by atoms with van der Waals surface area (Å²) >= 11 is 0. The van der Waals surface area contributed by atoms with Crippen molar-refractivity contribution in [2.45, 2.75) is 51.5 Å². The molecular formula is C13H21NO3. The van der Waals surface area contributed by atoms with E-state index in [1.807, 2.05) is 6.92 Å². The van der Waals surface area contributed by atoms with E-state index in [9.17, 15) is 9.59 Å². The highest BCUT2D eigenvalue weighted by Gasteiger charge is 2.35. The molecule has 0 spiro atoms. The van der Waals surface area contributed by atoms with Crippen LogP contribution in [-0.4, -0.2) is 34.5 Å². The molecule has 2 rings (SSSR count). The lowest BCUT2D eigenvalue weighted by Crippen LogP contribution is -2.49. The van der Waals surface area contributed by atoms with Crippen LogP contribution in [0.25, 0.3) is 0 Å². The minimum absolute atomic E-state index is 0.145. The summed E-state index contributed by atoms with van der Waals surface area (Å²) in [5, 5.41) is 9.10. The van der Waals surface area contributed by atoms with Crippen LogP contribution in [0, 0.1) is 11.8 Å². The Balaban J connectivity index is 1.88. The predicted octanol–water partition coefficient (Wildman–Crippen LogP) is 1.89. The quantitative estimate of drug-likeness (QED) is 0.815. The van der Waals surface area contributed by atoms with Gasteiger partial charge in [0.05, 0.1) is 5.92 Å². The second kappa shape index (κ2) is 5.07. The molecule has 1 N–H and O–H groups in total. The van der Waals surface area contributed by atoms with Gasteiger partial charge in [-0.3, -0.25) is 9.59 Å². The summed E-state index contributed by atoms with van der Waals surface area (Å²) in [5.74, 6) is -0.240. The van der Waals surface area contributed by atoms with E-state index >= 15 is 0 Å². The maximum Gasteiger partial charge on any atom is 0.308 e. The third-order valence-corrected chi connectivity index (χ3v) is 4.09. The number of amides is 1. The predicted molar refractivity (Wildman–Crippen MR) is 63.5 cm³/mol. The molecule has 4 nitrogen and oxygen atoms in total. The number of likely N-dealkylation sites (tertiary alicyclic amines) is 1. The molecule has 1 saturated carbocycles. The van der Waals surface area contributed by atoms with Crippen LogP contribution in [0.5, 0.6) is 0 Å². The van der Waals surface area contributed by atoms with E-state index in [4.69, 9.17) is 5.11 Å². The molecule has 4 heteroatoms. The lowest BCUT2D eigenvalue weighted by atomic mass is 9.90. The molecule has 1 heterocycles. The molecule has 0 unspecified atom stereocenters. The smallest absolute Gasteiger partial charge is 0.308 e. The molecule has 1 aliphatic carbocycles. The molecule has 0 bridgehead atoms. The van der Waals surface area contributed by atoms with Crippen molar-refractivity contribution < 1.29 is 14.7 Å². The van der Waals surface area contributed by atoms with Crippen LogP contribution < -0.4 is 0 Å². The molecule has 1 saturated heterocycles. The van der Waals surface area contributed by atoms with Crippen molar-refractivity contribution in [1.29, 1.82) is 0 Å². The van der Waals surface area contributed by atoms with Crippen molar-refractivity contribution in [3.8, 4) is 0 Å². The molecule has 2 atom stereocenters. The first-order chi connectivity index (χ1) is 8.09. The van der Waals surface area contributed by atoms with Crippen molar-refractivity contribution in [1.82, 2.24) is 4.90 Å². The third-order valence-electron chi connectivity index (χ3n) is 4.09. The number of nitrogens with zero attached hydrogens (tertiary/aromatic N) is 1. The monoisotopic (exact) mass is 239 g/mol.